The molecular weight excluding hydrogens is 246 g/mol. The van der Waals surface area contributed by atoms with Gasteiger partial charge in [-0.15, -0.1) is 11.3 Å². The third-order valence-corrected chi connectivity index (χ3v) is 3.43. The smallest absolute Gasteiger partial charge is 0.197 e. The predicted molar refractivity (Wildman–Crippen MR) is 64.3 cm³/mol. The van der Waals surface area contributed by atoms with Gasteiger partial charge in [0.05, 0.1) is 23.0 Å². The molecule has 0 saturated heterocycles. The van der Waals surface area contributed by atoms with E-state index >= 15 is 0 Å². The Morgan fingerprint density at radius 3 is 3.00 bits per heavy atom. The quantitative estimate of drug-likeness (QED) is 0.652. The number of furan rings is 1. The minimum Gasteiger partial charge on any atom is -0.453 e. The highest BCUT2D eigenvalue weighted by Crippen LogP contribution is 2.26. The normalized spacial score (nSPS) is 12.9. The van der Waals surface area contributed by atoms with Crippen molar-refractivity contribution in [1.29, 1.82) is 0 Å². The van der Waals surface area contributed by atoms with Gasteiger partial charge in [-0.3, -0.25) is 11.3 Å². The molecule has 0 bridgehead atoms. The zero-order valence-corrected chi connectivity index (χ0v) is 10.3. The topological polar surface area (TPSA) is 64.1 Å². The SMILES string of the molecule is Cc1nc(CC(NN)c2ccoc2Cl)cs1. The molecule has 0 aliphatic carbocycles. The molecule has 4 nitrogen and oxygen atoms in total. The van der Waals surface area contributed by atoms with Crippen molar-refractivity contribution in [1.82, 2.24) is 10.4 Å². The molecule has 16 heavy (non-hydrogen) atoms. The number of nitrogens with two attached hydrogens (primary N) is 1. The third kappa shape index (κ3) is 2.44. The van der Waals surface area contributed by atoms with Gasteiger partial charge in [-0.05, 0) is 24.6 Å². The molecular formula is C10H12ClN3OS. The van der Waals surface area contributed by atoms with Crippen LogP contribution in [0.5, 0.6) is 0 Å². The van der Waals surface area contributed by atoms with Crippen molar-refractivity contribution < 1.29 is 4.42 Å². The summed E-state index contributed by atoms with van der Waals surface area (Å²) in [6.07, 6.45) is 2.24. The first-order chi connectivity index (χ1) is 7.70. The molecule has 0 radical (unpaired) electrons. The summed E-state index contributed by atoms with van der Waals surface area (Å²) in [7, 11) is 0. The number of hydrogen-bond acceptors (Lipinski definition) is 5. The van der Waals surface area contributed by atoms with Crippen LogP contribution in [0.2, 0.25) is 5.22 Å². The summed E-state index contributed by atoms with van der Waals surface area (Å²) in [6, 6.07) is 1.74. The zero-order valence-electron chi connectivity index (χ0n) is 8.74. The van der Waals surface area contributed by atoms with E-state index in [4.69, 9.17) is 21.9 Å². The molecule has 6 heteroatoms. The average Bonchev–Trinajstić information content (AvgIpc) is 2.84. The van der Waals surface area contributed by atoms with Crippen LogP contribution in [0.1, 0.15) is 22.3 Å². The lowest BCUT2D eigenvalue weighted by molar-refractivity contribution is 0.524. The standard InChI is InChI=1S/C10H12ClN3OS/c1-6-13-7(5-16-6)4-9(14-12)8-2-3-15-10(8)11/h2-3,5,9,14H,4,12H2,1H3. The van der Waals surface area contributed by atoms with E-state index in [1.165, 1.54) is 0 Å². The highest BCUT2D eigenvalue weighted by Gasteiger charge is 2.17. The summed E-state index contributed by atoms with van der Waals surface area (Å²) in [5.74, 6) is 5.51. The minimum absolute atomic E-state index is 0.0762. The molecule has 0 saturated carbocycles. The summed E-state index contributed by atoms with van der Waals surface area (Å²) in [5, 5.41) is 3.44. The molecule has 3 N–H and O–H groups in total. The molecule has 1 unspecified atom stereocenters. The molecule has 0 fully saturated rings. The van der Waals surface area contributed by atoms with E-state index in [1.54, 1.807) is 17.6 Å². The van der Waals surface area contributed by atoms with Gasteiger partial charge >= 0.3 is 0 Å². The molecule has 0 amide bonds. The maximum Gasteiger partial charge on any atom is 0.197 e. The van der Waals surface area contributed by atoms with E-state index in [9.17, 15) is 0 Å². The van der Waals surface area contributed by atoms with E-state index in [0.717, 1.165) is 16.3 Å². The lowest BCUT2D eigenvalue weighted by Crippen LogP contribution is -2.29. The second kappa shape index (κ2) is 4.97. The van der Waals surface area contributed by atoms with Crippen molar-refractivity contribution in [3.05, 3.63) is 39.2 Å². The Morgan fingerprint density at radius 1 is 1.69 bits per heavy atom. The number of halogens is 1. The van der Waals surface area contributed by atoms with Crippen molar-refractivity contribution in [2.24, 2.45) is 5.84 Å². The second-order valence-corrected chi connectivity index (χ2v) is 4.84. The van der Waals surface area contributed by atoms with Crippen molar-refractivity contribution >= 4 is 22.9 Å². The maximum absolute atomic E-state index is 5.90. The van der Waals surface area contributed by atoms with Crippen molar-refractivity contribution in [3.8, 4) is 0 Å². The Morgan fingerprint density at radius 2 is 2.50 bits per heavy atom. The van der Waals surface area contributed by atoms with E-state index in [0.29, 0.717) is 11.6 Å². The van der Waals surface area contributed by atoms with Crippen molar-refractivity contribution in [2.75, 3.05) is 0 Å². The molecule has 86 valence electrons. The van der Waals surface area contributed by atoms with Gasteiger partial charge in [-0.2, -0.15) is 0 Å². The Balaban J connectivity index is 2.15. The molecule has 2 aromatic rings. The van der Waals surface area contributed by atoms with Crippen LogP contribution >= 0.6 is 22.9 Å². The number of hydrogen-bond donors (Lipinski definition) is 2. The van der Waals surface area contributed by atoms with Crippen LogP contribution in [0.15, 0.2) is 22.1 Å². The van der Waals surface area contributed by atoms with Gasteiger partial charge in [-0.1, -0.05) is 0 Å². The van der Waals surface area contributed by atoms with Crippen LogP contribution in [0.25, 0.3) is 0 Å². The van der Waals surface area contributed by atoms with Crippen LogP contribution in [-0.4, -0.2) is 4.98 Å². The molecule has 0 spiro atoms. The molecule has 0 aromatic carbocycles. The van der Waals surface area contributed by atoms with Crippen LogP contribution < -0.4 is 11.3 Å². The Hall–Kier alpha value is -0.880. The lowest BCUT2D eigenvalue weighted by Gasteiger charge is -2.12. The molecule has 0 aliphatic heterocycles. The second-order valence-electron chi connectivity index (χ2n) is 3.43. The summed E-state index contributed by atoms with van der Waals surface area (Å²) in [4.78, 5) is 4.39. The number of nitrogens with one attached hydrogen (secondary N) is 1. The van der Waals surface area contributed by atoms with E-state index in [1.807, 2.05) is 18.4 Å². The van der Waals surface area contributed by atoms with Crippen molar-refractivity contribution in [3.63, 3.8) is 0 Å². The van der Waals surface area contributed by atoms with E-state index < -0.39 is 0 Å². The maximum atomic E-state index is 5.90. The fourth-order valence-corrected chi connectivity index (χ4v) is 2.40. The molecule has 1 atom stereocenters. The summed E-state index contributed by atoms with van der Waals surface area (Å²) < 4.78 is 5.04. The van der Waals surface area contributed by atoms with Crippen molar-refractivity contribution in [2.45, 2.75) is 19.4 Å². The first-order valence-electron chi connectivity index (χ1n) is 4.80. The van der Waals surface area contributed by atoms with Gasteiger partial charge in [0.1, 0.15) is 0 Å². The first kappa shape index (κ1) is 11.6. The lowest BCUT2D eigenvalue weighted by atomic mass is 10.1. The average molecular weight is 258 g/mol. The highest BCUT2D eigenvalue weighted by molar-refractivity contribution is 7.09. The van der Waals surface area contributed by atoms with Crippen LogP contribution in [-0.2, 0) is 6.42 Å². The first-order valence-corrected chi connectivity index (χ1v) is 6.06. The largest absolute Gasteiger partial charge is 0.453 e. The molecule has 2 heterocycles. The van der Waals surface area contributed by atoms with Gasteiger partial charge < -0.3 is 4.42 Å². The number of aryl methyl sites for hydroxylation is 1. The molecule has 2 rings (SSSR count). The highest BCUT2D eigenvalue weighted by atomic mass is 35.5. The predicted octanol–water partition coefficient (Wildman–Crippen LogP) is 2.45. The zero-order chi connectivity index (χ0) is 11.5. The summed E-state index contributed by atoms with van der Waals surface area (Å²) in [5.41, 5.74) is 4.58. The van der Waals surface area contributed by atoms with Crippen LogP contribution in [0, 0.1) is 6.92 Å². The van der Waals surface area contributed by atoms with Gasteiger partial charge in [0, 0.05) is 17.4 Å². The van der Waals surface area contributed by atoms with Crippen LogP contribution in [0.3, 0.4) is 0 Å². The number of thiazole rings is 1. The fourth-order valence-electron chi connectivity index (χ4n) is 1.52. The number of hydrazine groups is 1. The van der Waals surface area contributed by atoms with E-state index in [2.05, 4.69) is 10.4 Å². The number of rotatable bonds is 4. The summed E-state index contributed by atoms with van der Waals surface area (Å²) >= 11 is 7.53. The van der Waals surface area contributed by atoms with E-state index in [-0.39, 0.29) is 6.04 Å². The third-order valence-electron chi connectivity index (χ3n) is 2.30. The Labute approximate surface area is 102 Å². The summed E-state index contributed by atoms with van der Waals surface area (Å²) in [6.45, 7) is 1.98. The van der Waals surface area contributed by atoms with Gasteiger partial charge in [-0.25, -0.2) is 4.98 Å². The number of nitrogens with zero attached hydrogens (tertiary/aromatic N) is 1. The van der Waals surface area contributed by atoms with Gasteiger partial charge in [0.25, 0.3) is 0 Å². The fraction of sp³-hybridized carbons (Fsp3) is 0.300. The Kier molecular flexibility index (Phi) is 3.60. The van der Waals surface area contributed by atoms with Gasteiger partial charge in [0.2, 0.25) is 0 Å². The monoisotopic (exact) mass is 257 g/mol. The van der Waals surface area contributed by atoms with Crippen LogP contribution in [0.4, 0.5) is 0 Å². The molecule has 2 aromatic heterocycles. The molecule has 0 aliphatic rings. The van der Waals surface area contributed by atoms with Gasteiger partial charge in [0.15, 0.2) is 5.22 Å². The Bertz CT molecular complexity index is 468. The minimum atomic E-state index is -0.0762. The number of aromatic nitrogens is 1.